The molecule has 0 spiro atoms. The van der Waals surface area contributed by atoms with Crippen LogP contribution in [0.5, 0.6) is 0 Å². The standard InChI is InChI=1S/C11H19F3N2OSi/c1-10(2,3)18(4,5)17-7-8-6-9(16-15-8)11(12,13)14/h6H,7H2,1-5H3,(H,15,16). The van der Waals surface area contributed by atoms with Crippen molar-refractivity contribution >= 4 is 8.32 Å². The van der Waals surface area contributed by atoms with Crippen LogP contribution < -0.4 is 0 Å². The summed E-state index contributed by atoms with van der Waals surface area (Å²) in [5.41, 5.74) is -0.552. The molecule has 0 saturated heterocycles. The van der Waals surface area contributed by atoms with Gasteiger partial charge in [0.1, 0.15) is 0 Å². The van der Waals surface area contributed by atoms with Gasteiger partial charge in [-0.15, -0.1) is 0 Å². The summed E-state index contributed by atoms with van der Waals surface area (Å²) in [6, 6.07) is 0.993. The minimum atomic E-state index is -4.41. The normalized spacial score (nSPS) is 14.0. The number of nitrogens with one attached hydrogen (secondary N) is 1. The second-order valence-electron chi connectivity index (χ2n) is 5.83. The zero-order chi connectivity index (χ0) is 14.2. The molecular weight excluding hydrogens is 261 g/mol. The van der Waals surface area contributed by atoms with Crippen molar-refractivity contribution in [1.29, 1.82) is 0 Å². The van der Waals surface area contributed by atoms with Gasteiger partial charge < -0.3 is 4.43 Å². The molecule has 0 saturated carbocycles. The topological polar surface area (TPSA) is 37.9 Å². The molecule has 0 unspecified atom stereocenters. The fourth-order valence-electron chi connectivity index (χ4n) is 1.06. The number of H-pyrrole nitrogens is 1. The molecule has 7 heteroatoms. The minimum absolute atomic E-state index is 0.0277. The Labute approximate surface area is 106 Å². The van der Waals surface area contributed by atoms with Crippen LogP contribution in [0.25, 0.3) is 0 Å². The van der Waals surface area contributed by atoms with Gasteiger partial charge in [0.2, 0.25) is 0 Å². The van der Waals surface area contributed by atoms with Crippen LogP contribution >= 0.6 is 0 Å². The van der Waals surface area contributed by atoms with Gasteiger partial charge in [-0.3, -0.25) is 5.10 Å². The van der Waals surface area contributed by atoms with Crippen LogP contribution in [0, 0.1) is 0 Å². The van der Waals surface area contributed by atoms with Crippen LogP contribution in [0.4, 0.5) is 13.2 Å². The lowest BCUT2D eigenvalue weighted by Gasteiger charge is -2.35. The number of halogens is 3. The SMILES string of the molecule is CC(C)(C)[Si](C)(C)OCc1cc(C(F)(F)F)n[nH]1. The summed E-state index contributed by atoms with van der Waals surface area (Å²) in [5.74, 6) is 0. The monoisotopic (exact) mass is 280 g/mol. The van der Waals surface area contributed by atoms with Crippen molar-refractivity contribution < 1.29 is 17.6 Å². The number of aromatic amines is 1. The van der Waals surface area contributed by atoms with Gasteiger partial charge in [0.05, 0.1) is 12.3 Å². The van der Waals surface area contributed by atoms with Crippen molar-refractivity contribution in [2.75, 3.05) is 0 Å². The van der Waals surface area contributed by atoms with E-state index in [1.54, 1.807) is 0 Å². The molecule has 18 heavy (non-hydrogen) atoms. The fourth-order valence-corrected chi connectivity index (χ4v) is 2.00. The third kappa shape index (κ3) is 3.58. The predicted molar refractivity (Wildman–Crippen MR) is 65.6 cm³/mol. The molecule has 104 valence electrons. The summed E-state index contributed by atoms with van der Waals surface area (Å²) in [6.45, 7) is 10.5. The van der Waals surface area contributed by atoms with E-state index >= 15 is 0 Å². The Morgan fingerprint density at radius 3 is 2.22 bits per heavy atom. The lowest BCUT2D eigenvalue weighted by Crippen LogP contribution is -2.40. The van der Waals surface area contributed by atoms with Crippen LogP contribution in [0.15, 0.2) is 6.07 Å². The Morgan fingerprint density at radius 2 is 1.83 bits per heavy atom. The van der Waals surface area contributed by atoms with Crippen LogP contribution in [0.1, 0.15) is 32.2 Å². The first-order chi connectivity index (χ1) is 7.93. The molecule has 1 aromatic rings. The summed E-state index contributed by atoms with van der Waals surface area (Å²) in [4.78, 5) is 0. The van der Waals surface area contributed by atoms with E-state index in [4.69, 9.17) is 4.43 Å². The average molecular weight is 280 g/mol. The van der Waals surface area contributed by atoms with Gasteiger partial charge in [-0.05, 0) is 24.2 Å². The Morgan fingerprint density at radius 1 is 1.28 bits per heavy atom. The Bertz CT molecular complexity index is 407. The maximum absolute atomic E-state index is 12.4. The van der Waals surface area contributed by atoms with Crippen molar-refractivity contribution in [2.45, 2.75) is 51.7 Å². The quantitative estimate of drug-likeness (QED) is 0.851. The third-order valence-corrected chi connectivity index (χ3v) is 7.79. The van der Waals surface area contributed by atoms with E-state index in [0.29, 0.717) is 5.69 Å². The zero-order valence-corrected chi connectivity index (χ0v) is 12.3. The molecule has 0 amide bonds. The summed E-state index contributed by atoms with van der Waals surface area (Å²) in [6.07, 6.45) is -4.41. The lowest BCUT2D eigenvalue weighted by molar-refractivity contribution is -0.141. The molecule has 1 heterocycles. The summed E-state index contributed by atoms with van der Waals surface area (Å²) < 4.78 is 42.9. The van der Waals surface area contributed by atoms with Crippen LogP contribution in [-0.2, 0) is 17.2 Å². The molecule has 0 aliphatic heterocycles. The summed E-state index contributed by atoms with van der Waals surface area (Å²) in [5, 5.41) is 5.63. The van der Waals surface area contributed by atoms with E-state index in [-0.39, 0.29) is 11.6 Å². The highest BCUT2D eigenvalue weighted by molar-refractivity contribution is 6.74. The lowest BCUT2D eigenvalue weighted by atomic mass is 10.2. The molecule has 1 aromatic heterocycles. The first-order valence-electron chi connectivity index (χ1n) is 5.69. The second-order valence-corrected chi connectivity index (χ2v) is 10.6. The largest absolute Gasteiger partial charge is 0.435 e. The van der Waals surface area contributed by atoms with Crippen molar-refractivity contribution in [2.24, 2.45) is 0 Å². The minimum Gasteiger partial charge on any atom is -0.411 e. The molecule has 1 N–H and O–H groups in total. The number of hydrogen-bond donors (Lipinski definition) is 1. The molecule has 1 rings (SSSR count). The van der Waals surface area contributed by atoms with E-state index < -0.39 is 20.2 Å². The Kier molecular flexibility index (Phi) is 3.97. The van der Waals surface area contributed by atoms with Crippen molar-refractivity contribution in [1.82, 2.24) is 10.2 Å². The molecule has 0 fully saturated rings. The maximum Gasteiger partial charge on any atom is 0.435 e. The Hall–Kier alpha value is -0.823. The molecule has 0 atom stereocenters. The summed E-state index contributed by atoms with van der Waals surface area (Å²) >= 11 is 0. The maximum atomic E-state index is 12.4. The highest BCUT2D eigenvalue weighted by atomic mass is 28.4. The molecule has 3 nitrogen and oxygen atoms in total. The van der Waals surface area contributed by atoms with Crippen molar-refractivity contribution in [3.63, 3.8) is 0 Å². The molecule has 0 radical (unpaired) electrons. The van der Waals surface area contributed by atoms with Gasteiger partial charge in [-0.2, -0.15) is 18.3 Å². The number of nitrogens with zero attached hydrogens (tertiary/aromatic N) is 1. The second kappa shape index (κ2) is 4.69. The molecular formula is C11H19F3N2OSi. The smallest absolute Gasteiger partial charge is 0.411 e. The van der Waals surface area contributed by atoms with Crippen LogP contribution in [0.3, 0.4) is 0 Å². The van der Waals surface area contributed by atoms with E-state index in [9.17, 15) is 13.2 Å². The first kappa shape index (κ1) is 15.2. The fraction of sp³-hybridized carbons (Fsp3) is 0.727. The van der Waals surface area contributed by atoms with Gasteiger partial charge in [0, 0.05) is 0 Å². The number of aromatic nitrogens is 2. The average Bonchev–Trinajstić information content (AvgIpc) is 2.60. The highest BCUT2D eigenvalue weighted by Crippen LogP contribution is 2.37. The van der Waals surface area contributed by atoms with Gasteiger partial charge in [-0.25, -0.2) is 0 Å². The number of rotatable bonds is 3. The molecule has 0 aliphatic rings. The zero-order valence-electron chi connectivity index (χ0n) is 11.3. The third-order valence-electron chi connectivity index (χ3n) is 3.32. The van der Waals surface area contributed by atoms with Gasteiger partial charge in [0.25, 0.3) is 0 Å². The van der Waals surface area contributed by atoms with Crippen molar-refractivity contribution in [3.8, 4) is 0 Å². The molecule has 0 aromatic carbocycles. The van der Waals surface area contributed by atoms with Gasteiger partial charge >= 0.3 is 6.18 Å². The van der Waals surface area contributed by atoms with Gasteiger partial charge in [0.15, 0.2) is 14.0 Å². The Balaban J connectivity index is 2.68. The predicted octanol–water partition coefficient (Wildman–Crippen LogP) is 3.95. The van der Waals surface area contributed by atoms with E-state index in [1.807, 2.05) is 13.1 Å². The van der Waals surface area contributed by atoms with E-state index in [0.717, 1.165) is 6.07 Å². The van der Waals surface area contributed by atoms with Crippen LogP contribution in [0.2, 0.25) is 18.1 Å². The highest BCUT2D eigenvalue weighted by Gasteiger charge is 2.38. The summed E-state index contributed by atoms with van der Waals surface area (Å²) in [7, 11) is -1.95. The van der Waals surface area contributed by atoms with Crippen molar-refractivity contribution in [3.05, 3.63) is 17.5 Å². The first-order valence-corrected chi connectivity index (χ1v) is 8.60. The van der Waals surface area contributed by atoms with Crippen LogP contribution in [-0.4, -0.2) is 18.5 Å². The molecule has 0 bridgehead atoms. The van der Waals surface area contributed by atoms with Gasteiger partial charge in [-0.1, -0.05) is 20.8 Å². The number of alkyl halides is 3. The van der Waals surface area contributed by atoms with E-state index in [2.05, 4.69) is 31.0 Å². The molecule has 0 aliphatic carbocycles. The number of hydrogen-bond acceptors (Lipinski definition) is 2. The van der Waals surface area contributed by atoms with E-state index in [1.165, 1.54) is 0 Å².